The molecule has 48 heavy (non-hydrogen) atoms. The van der Waals surface area contributed by atoms with Gasteiger partial charge in [-0.05, 0) is 66.9 Å². The highest BCUT2D eigenvalue weighted by Gasteiger charge is 2.36. The van der Waals surface area contributed by atoms with Gasteiger partial charge in [-0.1, -0.05) is 85.5 Å². The summed E-state index contributed by atoms with van der Waals surface area (Å²) in [4.78, 5) is 30.0. The molecule has 5 rings (SSSR count). The van der Waals surface area contributed by atoms with Gasteiger partial charge < -0.3 is 15.0 Å². The van der Waals surface area contributed by atoms with Gasteiger partial charge in [0.25, 0.3) is 10.0 Å². The Balaban J connectivity index is 1.57. The second-order valence-electron chi connectivity index (χ2n) is 11.8. The van der Waals surface area contributed by atoms with Crippen molar-refractivity contribution in [1.82, 2.24) is 10.2 Å². The number of hydrogen-bond donors (Lipinski definition) is 1. The van der Waals surface area contributed by atoms with E-state index in [1.807, 2.05) is 30.3 Å². The Hall–Kier alpha value is -4.41. The highest BCUT2D eigenvalue weighted by Crippen LogP contribution is 2.28. The number of hydrogen-bond acceptors (Lipinski definition) is 5. The van der Waals surface area contributed by atoms with Gasteiger partial charge in [-0.3, -0.25) is 13.9 Å². The number of nitrogens with zero attached hydrogens (tertiary/aromatic N) is 2. The molecule has 2 amide bonds. The SMILES string of the molecule is COc1ccc(S(=O)(=O)N(CC(=O)N(Cc2ccccc2F)[C@H](Cc2ccccc2)C(=O)NC2CCCCC2)c2cccc(Cl)c2)cc1. The van der Waals surface area contributed by atoms with Crippen LogP contribution in [0.15, 0.2) is 108 Å². The minimum absolute atomic E-state index is 0.0478. The Labute approximate surface area is 286 Å². The Morgan fingerprint density at radius 3 is 2.27 bits per heavy atom. The van der Waals surface area contributed by atoms with Gasteiger partial charge in [0.05, 0.1) is 17.7 Å². The largest absolute Gasteiger partial charge is 0.497 e. The molecule has 11 heteroatoms. The van der Waals surface area contributed by atoms with Crippen molar-refractivity contribution in [3.05, 3.63) is 125 Å². The summed E-state index contributed by atoms with van der Waals surface area (Å²) >= 11 is 6.30. The third-order valence-corrected chi connectivity index (χ3v) is 10.6. The second-order valence-corrected chi connectivity index (χ2v) is 14.1. The molecule has 1 fully saturated rings. The summed E-state index contributed by atoms with van der Waals surface area (Å²) in [6.07, 6.45) is 4.87. The molecule has 0 heterocycles. The van der Waals surface area contributed by atoms with Gasteiger partial charge in [0.2, 0.25) is 11.8 Å². The van der Waals surface area contributed by atoms with Crippen LogP contribution in [0, 0.1) is 5.82 Å². The number of sulfonamides is 1. The number of halogens is 2. The Bertz CT molecular complexity index is 1800. The average Bonchev–Trinajstić information content (AvgIpc) is 3.10. The standard InChI is InChI=1S/C37H39ClFN3O5S/c1-47-32-19-21-33(22-20-32)48(45,46)42(31-17-10-14-29(38)24-31)26-36(43)41(25-28-13-8-9-18-34(28)39)35(23-27-11-4-2-5-12-27)37(44)40-30-15-6-3-7-16-30/h2,4-5,8-14,17-22,24,30,35H,3,6-7,15-16,23,25-26H2,1H3,(H,40,44)/t35-/m1/s1. The van der Waals surface area contributed by atoms with Crippen LogP contribution in [0.4, 0.5) is 10.1 Å². The number of anilines is 1. The molecule has 252 valence electrons. The number of carbonyl (C=O) groups is 2. The first kappa shape index (κ1) is 34.9. The highest BCUT2D eigenvalue weighted by atomic mass is 35.5. The first-order valence-electron chi connectivity index (χ1n) is 16.0. The lowest BCUT2D eigenvalue weighted by molar-refractivity contribution is -0.140. The molecule has 4 aromatic carbocycles. The molecular formula is C37H39ClFN3O5S. The van der Waals surface area contributed by atoms with E-state index in [1.165, 1.54) is 48.4 Å². The number of methoxy groups -OCH3 is 1. The molecule has 0 radical (unpaired) electrons. The van der Waals surface area contributed by atoms with E-state index in [2.05, 4.69) is 5.32 Å². The number of benzene rings is 4. The average molecular weight is 692 g/mol. The Kier molecular flexibility index (Phi) is 11.7. The van der Waals surface area contributed by atoms with Crippen molar-refractivity contribution in [3.8, 4) is 5.75 Å². The summed E-state index contributed by atoms with van der Waals surface area (Å²) in [6, 6.07) is 26.2. The van der Waals surface area contributed by atoms with Crippen LogP contribution < -0.4 is 14.4 Å². The van der Waals surface area contributed by atoms with Crippen LogP contribution in [0.1, 0.15) is 43.2 Å². The molecule has 0 aromatic heterocycles. The van der Waals surface area contributed by atoms with Crippen LogP contribution in [0.2, 0.25) is 5.02 Å². The lowest BCUT2D eigenvalue weighted by atomic mass is 9.94. The van der Waals surface area contributed by atoms with Crippen LogP contribution in [-0.4, -0.2) is 50.9 Å². The van der Waals surface area contributed by atoms with Crippen LogP contribution in [-0.2, 0) is 32.6 Å². The zero-order valence-corrected chi connectivity index (χ0v) is 28.3. The first-order chi connectivity index (χ1) is 23.2. The van der Waals surface area contributed by atoms with Gasteiger partial charge in [0.15, 0.2) is 0 Å². The zero-order chi connectivity index (χ0) is 34.1. The van der Waals surface area contributed by atoms with Crippen molar-refractivity contribution in [2.45, 2.75) is 62.0 Å². The van der Waals surface area contributed by atoms with E-state index in [9.17, 15) is 18.0 Å². The maximum Gasteiger partial charge on any atom is 0.264 e. The van der Waals surface area contributed by atoms with E-state index >= 15 is 4.39 Å². The molecule has 1 aliphatic carbocycles. The van der Waals surface area contributed by atoms with Crippen LogP contribution >= 0.6 is 11.6 Å². The van der Waals surface area contributed by atoms with Gasteiger partial charge in [-0.2, -0.15) is 0 Å². The topological polar surface area (TPSA) is 96.0 Å². The molecule has 0 aliphatic heterocycles. The number of nitrogens with one attached hydrogen (secondary N) is 1. The molecule has 1 saturated carbocycles. The fourth-order valence-corrected chi connectivity index (χ4v) is 7.53. The maximum absolute atomic E-state index is 15.2. The van der Waals surface area contributed by atoms with Crippen molar-refractivity contribution < 1.29 is 27.1 Å². The summed E-state index contributed by atoms with van der Waals surface area (Å²) in [5.74, 6) is -1.14. The third kappa shape index (κ3) is 8.73. The predicted molar refractivity (Wildman–Crippen MR) is 185 cm³/mol. The van der Waals surface area contributed by atoms with Gasteiger partial charge in [0.1, 0.15) is 24.2 Å². The molecular weight excluding hydrogens is 653 g/mol. The van der Waals surface area contributed by atoms with Crippen molar-refractivity contribution >= 4 is 39.1 Å². The van der Waals surface area contributed by atoms with Crippen LogP contribution in [0.25, 0.3) is 0 Å². The molecule has 0 bridgehead atoms. The van der Waals surface area contributed by atoms with Crippen LogP contribution in [0.5, 0.6) is 5.75 Å². The zero-order valence-electron chi connectivity index (χ0n) is 26.7. The smallest absolute Gasteiger partial charge is 0.264 e. The van der Waals surface area contributed by atoms with Crippen molar-refractivity contribution in [3.63, 3.8) is 0 Å². The van der Waals surface area contributed by atoms with Gasteiger partial charge in [0, 0.05) is 29.6 Å². The molecule has 1 aliphatic rings. The lowest BCUT2D eigenvalue weighted by Crippen LogP contribution is -2.55. The number of amides is 2. The minimum atomic E-state index is -4.34. The predicted octanol–water partition coefficient (Wildman–Crippen LogP) is 6.77. The minimum Gasteiger partial charge on any atom is -0.497 e. The van der Waals surface area contributed by atoms with Gasteiger partial charge >= 0.3 is 0 Å². The van der Waals surface area contributed by atoms with Crippen LogP contribution in [0.3, 0.4) is 0 Å². The number of rotatable bonds is 13. The summed E-state index contributed by atoms with van der Waals surface area (Å²) < 4.78 is 49.7. The normalized spacial score (nSPS) is 14.1. The van der Waals surface area contributed by atoms with E-state index in [1.54, 1.807) is 36.4 Å². The Morgan fingerprint density at radius 1 is 0.917 bits per heavy atom. The summed E-state index contributed by atoms with van der Waals surface area (Å²) in [5, 5.41) is 3.42. The van der Waals surface area contributed by atoms with E-state index in [0.29, 0.717) is 5.75 Å². The lowest BCUT2D eigenvalue weighted by Gasteiger charge is -2.35. The van der Waals surface area contributed by atoms with Gasteiger partial charge in [-0.25, -0.2) is 12.8 Å². The summed E-state index contributed by atoms with van der Waals surface area (Å²) in [6.45, 7) is -0.932. The highest BCUT2D eigenvalue weighted by molar-refractivity contribution is 7.92. The fourth-order valence-electron chi connectivity index (χ4n) is 5.94. The summed E-state index contributed by atoms with van der Waals surface area (Å²) in [7, 11) is -2.86. The molecule has 0 saturated heterocycles. The quantitative estimate of drug-likeness (QED) is 0.167. The fraction of sp³-hybridized carbons (Fsp3) is 0.297. The molecule has 0 unspecified atom stereocenters. The third-order valence-electron chi connectivity index (χ3n) is 8.54. The second kappa shape index (κ2) is 16.1. The molecule has 1 N–H and O–H groups in total. The van der Waals surface area contributed by atoms with Gasteiger partial charge in [-0.15, -0.1) is 0 Å². The van der Waals surface area contributed by atoms with Crippen molar-refractivity contribution in [2.24, 2.45) is 0 Å². The molecule has 4 aromatic rings. The van der Waals surface area contributed by atoms with E-state index in [4.69, 9.17) is 16.3 Å². The molecule has 8 nitrogen and oxygen atoms in total. The first-order valence-corrected chi connectivity index (χ1v) is 17.8. The van der Waals surface area contributed by atoms with E-state index < -0.39 is 34.3 Å². The van der Waals surface area contributed by atoms with Crippen molar-refractivity contribution in [2.75, 3.05) is 18.0 Å². The Morgan fingerprint density at radius 2 is 1.60 bits per heavy atom. The maximum atomic E-state index is 15.2. The van der Waals surface area contributed by atoms with E-state index in [0.717, 1.165) is 42.0 Å². The molecule has 0 spiro atoms. The summed E-state index contributed by atoms with van der Waals surface area (Å²) in [5.41, 5.74) is 1.15. The monoisotopic (exact) mass is 691 g/mol. The molecule has 1 atom stereocenters. The van der Waals surface area contributed by atoms with Crippen molar-refractivity contribution in [1.29, 1.82) is 0 Å². The van der Waals surface area contributed by atoms with E-state index in [-0.39, 0.29) is 46.1 Å². The number of ether oxygens (including phenoxy) is 1. The number of carbonyl (C=O) groups excluding carboxylic acids is 2.